The van der Waals surface area contributed by atoms with Crippen molar-refractivity contribution >= 4 is 11.6 Å². The lowest BCUT2D eigenvalue weighted by atomic mass is 10.0. The molecule has 0 unspecified atom stereocenters. The molecule has 1 amide bonds. The van der Waals surface area contributed by atoms with Gasteiger partial charge in [-0.2, -0.15) is 13.2 Å². The van der Waals surface area contributed by atoms with Gasteiger partial charge in [0, 0.05) is 34.7 Å². The van der Waals surface area contributed by atoms with Crippen molar-refractivity contribution in [2.75, 3.05) is 5.32 Å². The predicted molar refractivity (Wildman–Crippen MR) is 142 cm³/mol. The quantitative estimate of drug-likeness (QED) is 0.276. The fourth-order valence-corrected chi connectivity index (χ4v) is 3.40. The van der Waals surface area contributed by atoms with Gasteiger partial charge in [0.2, 0.25) is 0 Å². The first-order valence-electron chi connectivity index (χ1n) is 11.7. The summed E-state index contributed by atoms with van der Waals surface area (Å²) in [6.07, 6.45) is 1.57. The minimum Gasteiger partial charge on any atom is -0.392 e. The molecule has 1 aromatic heterocycles. The summed E-state index contributed by atoms with van der Waals surface area (Å²) in [6.45, 7) is 7.45. The van der Waals surface area contributed by atoms with E-state index in [1.165, 1.54) is 17.0 Å². The van der Waals surface area contributed by atoms with E-state index < -0.39 is 17.6 Å². The molecule has 0 aliphatic heterocycles. The molecule has 0 radical (unpaired) electrons. The van der Waals surface area contributed by atoms with E-state index in [-0.39, 0.29) is 28.7 Å². The van der Waals surface area contributed by atoms with Crippen LogP contribution in [0.25, 0.3) is 5.69 Å². The fraction of sp³-hybridized carbons (Fsp3) is 0.214. The van der Waals surface area contributed by atoms with E-state index in [2.05, 4.69) is 27.5 Å². The molecule has 3 aromatic rings. The molecule has 6 N–H and O–H groups in total. The van der Waals surface area contributed by atoms with E-state index in [0.29, 0.717) is 17.1 Å². The summed E-state index contributed by atoms with van der Waals surface area (Å²) >= 11 is 0. The SMILES string of the molecule is Cc1cn(-c2cc(NC(=O)c3ccc(C)c(C#C/C(N)=C/C=C(\N)NC(C)C)c3)cc(C(F)(F)F)c2)cn1. The van der Waals surface area contributed by atoms with Gasteiger partial charge in [-0.05, 0) is 81.7 Å². The first-order chi connectivity index (χ1) is 17.8. The standard InChI is InChI=1S/C28H29F3N6O/c1-17(2)35-26(33)10-9-23(32)8-7-20-11-21(6-5-18(20)3)27(38)36-24-12-22(28(29,30)31)13-25(14-24)37-15-19(4)34-16-37/h5-6,9-17,35H,32-33H2,1-4H3,(H,36,38)/b23-9-,26-10+. The number of amides is 1. The summed E-state index contributed by atoms with van der Waals surface area (Å²) in [7, 11) is 0. The largest absolute Gasteiger partial charge is 0.416 e. The van der Waals surface area contributed by atoms with Crippen LogP contribution in [0.15, 0.2) is 72.6 Å². The highest BCUT2D eigenvalue weighted by molar-refractivity contribution is 6.04. The molecule has 0 saturated carbocycles. The predicted octanol–water partition coefficient (Wildman–Crippen LogP) is 4.75. The minimum absolute atomic E-state index is 0.00838. The van der Waals surface area contributed by atoms with Crippen LogP contribution < -0.4 is 22.1 Å². The van der Waals surface area contributed by atoms with Crippen molar-refractivity contribution in [3.8, 4) is 17.5 Å². The zero-order valence-corrected chi connectivity index (χ0v) is 21.4. The first-order valence-corrected chi connectivity index (χ1v) is 11.7. The molecule has 0 aliphatic carbocycles. The van der Waals surface area contributed by atoms with E-state index in [9.17, 15) is 18.0 Å². The molecule has 7 nitrogen and oxygen atoms in total. The number of rotatable bonds is 6. The van der Waals surface area contributed by atoms with Crippen LogP contribution in [0.4, 0.5) is 18.9 Å². The van der Waals surface area contributed by atoms with Crippen molar-refractivity contribution in [2.45, 2.75) is 39.9 Å². The smallest absolute Gasteiger partial charge is 0.392 e. The summed E-state index contributed by atoms with van der Waals surface area (Å²) in [6, 6.07) is 8.33. The highest BCUT2D eigenvalue weighted by atomic mass is 19.4. The number of alkyl halides is 3. The molecular formula is C28H29F3N6O. The van der Waals surface area contributed by atoms with E-state index in [0.717, 1.165) is 17.7 Å². The number of benzene rings is 2. The molecule has 0 aliphatic rings. The van der Waals surface area contributed by atoms with Crippen LogP contribution in [-0.4, -0.2) is 21.5 Å². The molecule has 0 spiro atoms. The molecule has 38 heavy (non-hydrogen) atoms. The highest BCUT2D eigenvalue weighted by Gasteiger charge is 2.31. The number of nitrogens with zero attached hydrogens (tertiary/aromatic N) is 2. The lowest BCUT2D eigenvalue weighted by Gasteiger charge is -2.14. The van der Waals surface area contributed by atoms with Crippen LogP contribution in [0.5, 0.6) is 0 Å². The van der Waals surface area contributed by atoms with Crippen LogP contribution in [0.1, 0.15) is 46.6 Å². The number of carbonyl (C=O) groups is 1. The number of hydrogen-bond donors (Lipinski definition) is 4. The van der Waals surface area contributed by atoms with Gasteiger partial charge >= 0.3 is 6.18 Å². The van der Waals surface area contributed by atoms with Gasteiger partial charge in [0.15, 0.2) is 0 Å². The number of nitrogens with two attached hydrogens (primary N) is 2. The Morgan fingerprint density at radius 2 is 1.84 bits per heavy atom. The monoisotopic (exact) mass is 522 g/mol. The van der Waals surface area contributed by atoms with Crippen LogP contribution in [0.2, 0.25) is 0 Å². The minimum atomic E-state index is -4.60. The molecule has 0 bridgehead atoms. The molecule has 10 heteroatoms. The Bertz CT molecular complexity index is 1460. The van der Waals surface area contributed by atoms with Gasteiger partial charge in [-0.1, -0.05) is 12.0 Å². The number of hydrogen-bond acceptors (Lipinski definition) is 5. The molecule has 0 atom stereocenters. The number of imidazole rings is 1. The molecular weight excluding hydrogens is 493 g/mol. The average molecular weight is 523 g/mol. The summed E-state index contributed by atoms with van der Waals surface area (Å²) in [4.78, 5) is 17.0. The molecule has 1 heterocycles. The average Bonchev–Trinajstić information content (AvgIpc) is 3.27. The zero-order chi connectivity index (χ0) is 28.0. The molecule has 2 aromatic carbocycles. The summed E-state index contributed by atoms with van der Waals surface area (Å²) in [5.74, 6) is 5.60. The molecule has 0 fully saturated rings. The second-order valence-electron chi connectivity index (χ2n) is 8.97. The van der Waals surface area contributed by atoms with Crippen molar-refractivity contribution in [2.24, 2.45) is 11.5 Å². The Morgan fingerprint density at radius 1 is 1.11 bits per heavy atom. The highest BCUT2D eigenvalue weighted by Crippen LogP contribution is 2.33. The first kappa shape index (κ1) is 27.9. The summed E-state index contributed by atoms with van der Waals surface area (Å²) in [5.41, 5.74) is 13.6. The van der Waals surface area contributed by atoms with Gasteiger partial charge < -0.3 is 26.7 Å². The van der Waals surface area contributed by atoms with E-state index in [4.69, 9.17) is 11.5 Å². The maximum Gasteiger partial charge on any atom is 0.416 e. The van der Waals surface area contributed by atoms with Crippen molar-refractivity contribution in [1.29, 1.82) is 0 Å². The molecule has 3 rings (SSSR count). The maximum atomic E-state index is 13.5. The van der Waals surface area contributed by atoms with Crippen LogP contribution in [0.3, 0.4) is 0 Å². The van der Waals surface area contributed by atoms with Crippen LogP contribution in [0, 0.1) is 25.7 Å². The topological polar surface area (TPSA) is 111 Å². The third-order valence-corrected chi connectivity index (χ3v) is 5.25. The maximum absolute atomic E-state index is 13.5. The van der Waals surface area contributed by atoms with Crippen molar-refractivity contribution in [3.63, 3.8) is 0 Å². The van der Waals surface area contributed by atoms with Gasteiger partial charge in [-0.25, -0.2) is 4.98 Å². The van der Waals surface area contributed by atoms with Gasteiger partial charge in [-0.3, -0.25) is 4.79 Å². The van der Waals surface area contributed by atoms with Crippen molar-refractivity contribution < 1.29 is 18.0 Å². The lowest BCUT2D eigenvalue weighted by Crippen LogP contribution is -2.26. The Hall–Kier alpha value is -4.65. The van der Waals surface area contributed by atoms with E-state index in [1.54, 1.807) is 43.5 Å². The van der Waals surface area contributed by atoms with Gasteiger partial charge in [-0.15, -0.1) is 0 Å². The Balaban J connectivity index is 1.86. The number of anilines is 1. The molecule has 0 saturated heterocycles. The lowest BCUT2D eigenvalue weighted by molar-refractivity contribution is -0.137. The second-order valence-corrected chi connectivity index (χ2v) is 8.97. The van der Waals surface area contributed by atoms with E-state index in [1.807, 2.05) is 20.8 Å². The summed E-state index contributed by atoms with van der Waals surface area (Å²) in [5, 5.41) is 5.59. The van der Waals surface area contributed by atoms with Gasteiger partial charge in [0.25, 0.3) is 5.91 Å². The summed E-state index contributed by atoms with van der Waals surface area (Å²) < 4.78 is 42.1. The third kappa shape index (κ3) is 7.67. The number of aryl methyl sites for hydroxylation is 2. The number of aromatic nitrogens is 2. The molecule has 198 valence electrons. The fourth-order valence-electron chi connectivity index (χ4n) is 3.40. The van der Waals surface area contributed by atoms with Crippen LogP contribution >= 0.6 is 0 Å². The van der Waals surface area contributed by atoms with Gasteiger partial charge in [0.05, 0.1) is 29.1 Å². The van der Waals surface area contributed by atoms with Crippen molar-refractivity contribution in [3.05, 3.63) is 101 Å². The number of nitrogens with one attached hydrogen (secondary N) is 2. The van der Waals surface area contributed by atoms with Crippen molar-refractivity contribution in [1.82, 2.24) is 14.9 Å². The Kier molecular flexibility index (Phi) is 8.53. The number of halogens is 3. The number of carbonyl (C=O) groups excluding carboxylic acids is 1. The normalized spacial score (nSPS) is 12.2. The van der Waals surface area contributed by atoms with Gasteiger partial charge in [0.1, 0.15) is 0 Å². The zero-order valence-electron chi connectivity index (χ0n) is 21.4. The Labute approximate surface area is 219 Å². The second kappa shape index (κ2) is 11.6. The van der Waals surface area contributed by atoms with E-state index >= 15 is 0 Å². The Morgan fingerprint density at radius 3 is 2.47 bits per heavy atom. The van der Waals surface area contributed by atoms with Crippen LogP contribution in [-0.2, 0) is 6.18 Å². The third-order valence-electron chi connectivity index (χ3n) is 5.25. The number of allylic oxidation sites excluding steroid dienone is 3.